The van der Waals surface area contributed by atoms with Gasteiger partial charge in [0.1, 0.15) is 0 Å². The lowest BCUT2D eigenvalue weighted by Crippen LogP contribution is -2.38. The summed E-state index contributed by atoms with van der Waals surface area (Å²) in [4.78, 5) is 15.1. The van der Waals surface area contributed by atoms with Crippen LogP contribution in [0.25, 0.3) is 0 Å². The number of benzene rings is 2. The molecule has 2 rings (SSSR count). The van der Waals surface area contributed by atoms with Gasteiger partial charge in [-0.3, -0.25) is 9.69 Å². The highest BCUT2D eigenvalue weighted by molar-refractivity contribution is 7.89. The van der Waals surface area contributed by atoms with Crippen LogP contribution in [0.1, 0.15) is 49.7 Å². The Balaban J connectivity index is 2.25. The van der Waals surface area contributed by atoms with E-state index in [2.05, 4.69) is 28.8 Å². The van der Waals surface area contributed by atoms with E-state index in [0.29, 0.717) is 6.54 Å². The molecule has 0 heterocycles. The van der Waals surface area contributed by atoms with Crippen molar-refractivity contribution in [1.82, 2.24) is 14.9 Å². The SMILES string of the molecule is CCN(CC)C(CNC(=O)c1cc(S(=O)(=O)NC(C)C)ccc1Cl)c1ccccc1. The topological polar surface area (TPSA) is 78.5 Å². The molecule has 30 heavy (non-hydrogen) atoms. The summed E-state index contributed by atoms with van der Waals surface area (Å²) in [6.07, 6.45) is 0. The van der Waals surface area contributed by atoms with Gasteiger partial charge in [0.15, 0.2) is 0 Å². The lowest BCUT2D eigenvalue weighted by atomic mass is 10.0. The third-order valence-corrected chi connectivity index (χ3v) is 6.76. The lowest BCUT2D eigenvalue weighted by molar-refractivity contribution is 0.0935. The van der Waals surface area contributed by atoms with Crippen molar-refractivity contribution in [2.75, 3.05) is 19.6 Å². The third-order valence-electron chi connectivity index (χ3n) is 4.78. The fourth-order valence-electron chi connectivity index (χ4n) is 3.31. The highest BCUT2D eigenvalue weighted by atomic mass is 35.5. The molecule has 1 atom stereocenters. The zero-order chi connectivity index (χ0) is 22.3. The number of hydrogen-bond acceptors (Lipinski definition) is 4. The fourth-order valence-corrected chi connectivity index (χ4v) is 4.79. The van der Waals surface area contributed by atoms with Gasteiger partial charge in [-0.1, -0.05) is 55.8 Å². The average Bonchev–Trinajstić information content (AvgIpc) is 2.70. The molecule has 0 radical (unpaired) electrons. The van der Waals surface area contributed by atoms with Crippen molar-refractivity contribution in [3.8, 4) is 0 Å². The quantitative estimate of drug-likeness (QED) is 0.575. The monoisotopic (exact) mass is 451 g/mol. The molecule has 0 saturated carbocycles. The molecule has 2 aromatic carbocycles. The molecular formula is C22H30ClN3O3S. The molecule has 2 aromatic rings. The number of nitrogens with one attached hydrogen (secondary N) is 2. The van der Waals surface area contributed by atoms with Gasteiger partial charge in [-0.05, 0) is 50.7 Å². The molecule has 0 fully saturated rings. The Labute approximate surface area is 184 Å². The Kier molecular flexibility index (Phi) is 8.85. The summed E-state index contributed by atoms with van der Waals surface area (Å²) in [7, 11) is -3.72. The number of nitrogens with zero attached hydrogens (tertiary/aromatic N) is 1. The van der Waals surface area contributed by atoms with E-state index in [1.165, 1.54) is 18.2 Å². The zero-order valence-electron chi connectivity index (χ0n) is 17.9. The maximum absolute atomic E-state index is 12.9. The first-order valence-electron chi connectivity index (χ1n) is 10.1. The van der Waals surface area contributed by atoms with Crippen LogP contribution in [0, 0.1) is 0 Å². The van der Waals surface area contributed by atoms with E-state index in [4.69, 9.17) is 11.6 Å². The second kappa shape index (κ2) is 10.9. The summed E-state index contributed by atoms with van der Waals surface area (Å²) in [5.74, 6) is -0.408. The molecule has 0 aliphatic heterocycles. The van der Waals surface area contributed by atoms with Gasteiger partial charge >= 0.3 is 0 Å². The Morgan fingerprint density at radius 1 is 1.07 bits per heavy atom. The number of halogens is 1. The van der Waals surface area contributed by atoms with E-state index in [1.807, 2.05) is 30.3 Å². The molecule has 0 aliphatic carbocycles. The van der Waals surface area contributed by atoms with Crippen molar-refractivity contribution in [3.05, 3.63) is 64.7 Å². The Hall–Kier alpha value is -1.93. The summed E-state index contributed by atoms with van der Waals surface area (Å²) < 4.78 is 27.4. The van der Waals surface area contributed by atoms with Gasteiger partial charge in [-0.2, -0.15) is 0 Å². The lowest BCUT2D eigenvalue weighted by Gasteiger charge is -2.30. The smallest absolute Gasteiger partial charge is 0.252 e. The van der Waals surface area contributed by atoms with Crippen LogP contribution in [0.5, 0.6) is 0 Å². The first-order chi connectivity index (χ1) is 14.2. The van der Waals surface area contributed by atoms with Crippen LogP contribution in [0.3, 0.4) is 0 Å². The number of carbonyl (C=O) groups excluding carboxylic acids is 1. The van der Waals surface area contributed by atoms with Gasteiger partial charge < -0.3 is 5.32 Å². The minimum Gasteiger partial charge on any atom is -0.350 e. The van der Waals surface area contributed by atoms with Gasteiger partial charge in [0.05, 0.1) is 21.5 Å². The van der Waals surface area contributed by atoms with Crippen molar-refractivity contribution < 1.29 is 13.2 Å². The second-order valence-electron chi connectivity index (χ2n) is 7.28. The van der Waals surface area contributed by atoms with E-state index in [0.717, 1.165) is 18.7 Å². The Morgan fingerprint density at radius 2 is 1.70 bits per heavy atom. The molecule has 0 bridgehead atoms. The van der Waals surface area contributed by atoms with E-state index in [9.17, 15) is 13.2 Å². The van der Waals surface area contributed by atoms with Crippen LogP contribution >= 0.6 is 11.6 Å². The van der Waals surface area contributed by atoms with Crippen molar-refractivity contribution in [3.63, 3.8) is 0 Å². The van der Waals surface area contributed by atoms with Crippen LogP contribution in [0.15, 0.2) is 53.4 Å². The minimum atomic E-state index is -3.72. The number of sulfonamides is 1. The summed E-state index contributed by atoms with van der Waals surface area (Å²) >= 11 is 6.21. The van der Waals surface area contributed by atoms with Crippen molar-refractivity contribution in [2.24, 2.45) is 0 Å². The van der Waals surface area contributed by atoms with E-state index in [1.54, 1.807) is 13.8 Å². The normalized spacial score (nSPS) is 12.9. The van der Waals surface area contributed by atoms with Crippen LogP contribution in [-0.2, 0) is 10.0 Å². The first kappa shape index (κ1) is 24.3. The predicted molar refractivity (Wildman–Crippen MR) is 121 cm³/mol. The van der Waals surface area contributed by atoms with Gasteiger partial charge in [-0.25, -0.2) is 13.1 Å². The van der Waals surface area contributed by atoms with E-state index in [-0.39, 0.29) is 27.6 Å². The maximum Gasteiger partial charge on any atom is 0.252 e. The third kappa shape index (κ3) is 6.28. The van der Waals surface area contributed by atoms with Gasteiger partial charge in [0.25, 0.3) is 5.91 Å². The van der Waals surface area contributed by atoms with E-state index >= 15 is 0 Å². The molecule has 0 aromatic heterocycles. The summed E-state index contributed by atoms with van der Waals surface area (Å²) in [5, 5.41) is 3.13. The van der Waals surface area contributed by atoms with Gasteiger partial charge in [0.2, 0.25) is 10.0 Å². The van der Waals surface area contributed by atoms with Crippen LogP contribution in [0.2, 0.25) is 5.02 Å². The molecule has 0 saturated heterocycles. The second-order valence-corrected chi connectivity index (χ2v) is 9.40. The molecule has 1 unspecified atom stereocenters. The Bertz CT molecular complexity index is 945. The van der Waals surface area contributed by atoms with E-state index < -0.39 is 15.9 Å². The molecule has 1 amide bonds. The predicted octanol–water partition coefficient (Wildman–Crippen LogP) is 3.84. The maximum atomic E-state index is 12.9. The first-order valence-corrected chi connectivity index (χ1v) is 11.9. The molecular weight excluding hydrogens is 422 g/mol. The summed E-state index contributed by atoms with van der Waals surface area (Å²) in [6, 6.07) is 13.9. The van der Waals surface area contributed by atoms with Crippen molar-refractivity contribution in [2.45, 2.75) is 44.7 Å². The highest BCUT2D eigenvalue weighted by Gasteiger charge is 2.22. The molecule has 2 N–H and O–H groups in total. The molecule has 0 spiro atoms. The summed E-state index contributed by atoms with van der Waals surface area (Å²) in [6.45, 7) is 9.67. The number of amides is 1. The number of hydrogen-bond donors (Lipinski definition) is 2. The zero-order valence-corrected chi connectivity index (χ0v) is 19.4. The number of likely N-dealkylation sites (N-methyl/N-ethyl adjacent to an activating group) is 1. The van der Waals surface area contributed by atoms with Crippen molar-refractivity contribution in [1.29, 1.82) is 0 Å². The molecule has 6 nitrogen and oxygen atoms in total. The number of carbonyl (C=O) groups is 1. The Morgan fingerprint density at radius 3 is 2.27 bits per heavy atom. The van der Waals surface area contributed by atoms with Gasteiger partial charge in [-0.15, -0.1) is 0 Å². The summed E-state index contributed by atoms with van der Waals surface area (Å²) in [5.41, 5.74) is 1.24. The molecule has 164 valence electrons. The largest absolute Gasteiger partial charge is 0.350 e. The molecule has 8 heteroatoms. The van der Waals surface area contributed by atoms with Crippen LogP contribution in [-0.4, -0.2) is 44.9 Å². The molecule has 0 aliphatic rings. The highest BCUT2D eigenvalue weighted by Crippen LogP contribution is 2.23. The minimum absolute atomic E-state index is 0.00144. The van der Waals surface area contributed by atoms with Crippen LogP contribution < -0.4 is 10.0 Å². The van der Waals surface area contributed by atoms with Crippen LogP contribution in [0.4, 0.5) is 0 Å². The van der Waals surface area contributed by atoms with Gasteiger partial charge in [0, 0.05) is 12.6 Å². The number of rotatable bonds is 10. The standard InChI is InChI=1S/C22H30ClN3O3S/c1-5-26(6-2)21(17-10-8-7-9-11-17)15-24-22(27)19-14-18(12-13-20(19)23)30(28,29)25-16(3)4/h7-14,16,21,25H,5-6,15H2,1-4H3,(H,24,27). The average molecular weight is 452 g/mol. The fraction of sp³-hybridized carbons (Fsp3) is 0.409. The van der Waals surface area contributed by atoms with Crippen molar-refractivity contribution >= 4 is 27.5 Å².